The summed E-state index contributed by atoms with van der Waals surface area (Å²) in [6.45, 7) is 0. The van der Waals surface area contributed by atoms with Crippen molar-refractivity contribution in [2.75, 3.05) is 0 Å². The Kier molecular flexibility index (Phi) is 3.74. The molecule has 56 valence electrons. The lowest BCUT2D eigenvalue weighted by atomic mass is 10.2. The molecule has 6 radical (unpaired) electrons. The molecule has 0 aromatic carbocycles. The van der Waals surface area contributed by atoms with Gasteiger partial charge in [0.15, 0.2) is 0 Å². The Morgan fingerprint density at radius 1 is 1.50 bits per heavy atom. The molecule has 1 aromatic rings. The van der Waals surface area contributed by atoms with Crippen LogP contribution in [0.2, 0.25) is 0 Å². The fourth-order valence-corrected chi connectivity index (χ4v) is 1.07. The Morgan fingerprint density at radius 3 is 2.83 bits per heavy atom. The molecular weight excluding hydrogens is 182 g/mol. The highest BCUT2D eigenvalue weighted by atomic mass is 28.2. The van der Waals surface area contributed by atoms with Crippen LogP contribution in [0.3, 0.4) is 0 Å². The van der Waals surface area contributed by atoms with E-state index in [1.807, 2.05) is 18.2 Å². The smallest absolute Gasteiger partial charge is 0.248 e. The Balaban J connectivity index is 2.85. The third-order valence-electron chi connectivity index (χ3n) is 1.28. The van der Waals surface area contributed by atoms with Crippen LogP contribution in [0.5, 0.6) is 0 Å². The van der Waals surface area contributed by atoms with E-state index < -0.39 is 0 Å². The van der Waals surface area contributed by atoms with Crippen LogP contribution in [0.1, 0.15) is 11.8 Å². The Hall–Kier alpha value is -0.896. The van der Waals surface area contributed by atoms with Crippen LogP contribution in [0.4, 0.5) is 0 Å². The molecule has 2 nitrogen and oxygen atoms in total. The molecule has 0 spiro atoms. The Labute approximate surface area is 78.3 Å². The van der Waals surface area contributed by atoms with Gasteiger partial charge >= 0.3 is 0 Å². The van der Waals surface area contributed by atoms with Crippen molar-refractivity contribution >= 4 is 20.7 Å². The summed E-state index contributed by atoms with van der Waals surface area (Å²) >= 11 is 0. The van der Waals surface area contributed by atoms with Gasteiger partial charge in [0.05, 0.1) is 5.69 Å². The molecule has 1 heterocycles. The molecule has 0 saturated carbocycles. The van der Waals surface area contributed by atoms with E-state index in [0.717, 1.165) is 5.69 Å². The lowest BCUT2D eigenvalue weighted by molar-refractivity contribution is 0.287. The predicted octanol–water partition coefficient (Wildman–Crippen LogP) is 0.352. The summed E-state index contributed by atoms with van der Waals surface area (Å²) in [5.41, 5.74) is 3.35. The van der Waals surface area contributed by atoms with Gasteiger partial charge in [-0.3, -0.25) is 4.98 Å². The number of hydrogen-bond donors (Lipinski definition) is 0. The standard InChI is InChI=1S/C8H5NOSi2/c11-6-4-8(10-12)7-3-1-2-5-9-7/h1-3,5,8H. The Bertz CT molecular complexity index is 291. The van der Waals surface area contributed by atoms with Crippen molar-refractivity contribution in [3.8, 4) is 11.5 Å². The van der Waals surface area contributed by atoms with Crippen LogP contribution in [0.15, 0.2) is 24.4 Å². The highest BCUT2D eigenvalue weighted by molar-refractivity contribution is 6.22. The van der Waals surface area contributed by atoms with Gasteiger partial charge in [-0.1, -0.05) is 12.0 Å². The zero-order valence-corrected chi connectivity index (χ0v) is 8.24. The normalized spacial score (nSPS) is 11.5. The van der Waals surface area contributed by atoms with Gasteiger partial charge in [0.2, 0.25) is 10.5 Å². The second-order valence-electron chi connectivity index (χ2n) is 2.02. The molecule has 0 fully saturated rings. The van der Waals surface area contributed by atoms with Gasteiger partial charge in [-0.25, -0.2) is 0 Å². The number of aromatic nitrogens is 1. The van der Waals surface area contributed by atoms with Crippen molar-refractivity contribution in [3.05, 3.63) is 30.1 Å². The second kappa shape index (κ2) is 4.88. The molecule has 0 amide bonds. The van der Waals surface area contributed by atoms with E-state index in [9.17, 15) is 0 Å². The quantitative estimate of drug-likeness (QED) is 0.492. The fraction of sp³-hybridized carbons (Fsp3) is 0.125. The Morgan fingerprint density at radius 2 is 2.33 bits per heavy atom. The van der Waals surface area contributed by atoms with E-state index in [-0.39, 0.29) is 6.10 Å². The lowest BCUT2D eigenvalue weighted by Gasteiger charge is -2.06. The molecule has 0 aliphatic carbocycles. The topological polar surface area (TPSA) is 22.1 Å². The molecule has 4 heteroatoms. The van der Waals surface area contributed by atoms with Gasteiger partial charge in [0, 0.05) is 6.20 Å². The van der Waals surface area contributed by atoms with Crippen LogP contribution >= 0.6 is 0 Å². The molecule has 1 aromatic heterocycles. The first-order valence-corrected chi connectivity index (χ1v) is 4.20. The van der Waals surface area contributed by atoms with Crippen LogP contribution < -0.4 is 0 Å². The van der Waals surface area contributed by atoms with Crippen molar-refractivity contribution in [2.45, 2.75) is 6.10 Å². The van der Waals surface area contributed by atoms with E-state index in [4.69, 9.17) is 4.43 Å². The van der Waals surface area contributed by atoms with Gasteiger partial charge in [0.25, 0.3) is 0 Å². The maximum Gasteiger partial charge on any atom is 0.248 e. The van der Waals surface area contributed by atoms with Crippen LogP contribution in [0.25, 0.3) is 0 Å². The van der Waals surface area contributed by atoms with E-state index in [1.54, 1.807) is 6.20 Å². The summed E-state index contributed by atoms with van der Waals surface area (Å²) in [5.74, 6) is 2.78. The molecule has 1 rings (SSSR count). The van der Waals surface area contributed by atoms with E-state index in [2.05, 4.69) is 37.2 Å². The number of nitrogens with zero attached hydrogens (tertiary/aromatic N) is 1. The zero-order chi connectivity index (χ0) is 8.81. The van der Waals surface area contributed by atoms with Gasteiger partial charge in [-0.15, -0.1) is 5.54 Å². The van der Waals surface area contributed by atoms with Crippen molar-refractivity contribution < 1.29 is 4.43 Å². The van der Waals surface area contributed by atoms with Gasteiger partial charge in [0.1, 0.15) is 16.3 Å². The maximum atomic E-state index is 4.92. The SMILES string of the molecule is [Si]C#CC(O[Si])c1ccccn1. The molecule has 0 aliphatic rings. The van der Waals surface area contributed by atoms with Crippen molar-refractivity contribution in [2.24, 2.45) is 0 Å². The first kappa shape index (κ1) is 9.19. The largest absolute Gasteiger partial charge is 0.400 e. The molecule has 1 atom stereocenters. The number of pyridine rings is 1. The first-order valence-electron chi connectivity index (χ1n) is 3.29. The molecule has 0 aliphatic heterocycles. The second-order valence-corrected chi connectivity index (χ2v) is 2.51. The molecule has 0 saturated heterocycles. The van der Waals surface area contributed by atoms with Gasteiger partial charge < -0.3 is 4.43 Å². The van der Waals surface area contributed by atoms with E-state index in [1.165, 1.54) is 0 Å². The molecule has 0 bridgehead atoms. The molecule has 1 unspecified atom stereocenters. The van der Waals surface area contributed by atoms with Crippen molar-refractivity contribution in [1.82, 2.24) is 4.98 Å². The summed E-state index contributed by atoms with van der Waals surface area (Å²) in [6.07, 6.45) is 1.36. The highest BCUT2D eigenvalue weighted by Crippen LogP contribution is 2.10. The van der Waals surface area contributed by atoms with Crippen molar-refractivity contribution in [3.63, 3.8) is 0 Å². The van der Waals surface area contributed by atoms with Crippen molar-refractivity contribution in [1.29, 1.82) is 0 Å². The third kappa shape index (κ3) is 2.31. The third-order valence-corrected chi connectivity index (χ3v) is 1.66. The van der Waals surface area contributed by atoms with Crippen LogP contribution in [0, 0.1) is 11.5 Å². The summed E-state index contributed by atoms with van der Waals surface area (Å²) in [4.78, 5) is 4.09. The molecule has 12 heavy (non-hydrogen) atoms. The summed E-state index contributed by atoms with van der Waals surface area (Å²) < 4.78 is 4.92. The van der Waals surface area contributed by atoms with Crippen LogP contribution in [-0.2, 0) is 4.43 Å². The highest BCUT2D eigenvalue weighted by Gasteiger charge is 2.05. The van der Waals surface area contributed by atoms with E-state index >= 15 is 0 Å². The molecular formula is C8H5NOSi2. The average Bonchev–Trinajstić information content (AvgIpc) is 2.15. The minimum Gasteiger partial charge on any atom is -0.400 e. The average molecular weight is 187 g/mol. The predicted molar refractivity (Wildman–Crippen MR) is 47.3 cm³/mol. The number of rotatable bonds is 2. The zero-order valence-electron chi connectivity index (χ0n) is 6.24. The minimum absolute atomic E-state index is 0.333. The maximum absolute atomic E-state index is 4.92. The van der Waals surface area contributed by atoms with Gasteiger partial charge in [-0.05, 0) is 12.1 Å². The fourth-order valence-electron chi connectivity index (χ4n) is 0.760. The summed E-state index contributed by atoms with van der Waals surface area (Å²) in [5, 5.41) is 0. The van der Waals surface area contributed by atoms with E-state index in [0.29, 0.717) is 0 Å². The minimum atomic E-state index is -0.333. The summed E-state index contributed by atoms with van der Waals surface area (Å²) in [7, 11) is 5.98. The summed E-state index contributed by atoms with van der Waals surface area (Å²) in [6, 6.07) is 5.58. The van der Waals surface area contributed by atoms with Gasteiger partial charge in [-0.2, -0.15) is 0 Å². The molecule has 0 N–H and O–H groups in total. The first-order chi connectivity index (χ1) is 5.88. The van der Waals surface area contributed by atoms with Crippen LogP contribution in [-0.4, -0.2) is 25.7 Å². The monoisotopic (exact) mass is 187 g/mol. The number of hydrogen-bond acceptors (Lipinski definition) is 2. The lowest BCUT2D eigenvalue weighted by Crippen LogP contribution is -2.01.